The molecule has 0 aliphatic heterocycles. The summed E-state index contributed by atoms with van der Waals surface area (Å²) >= 11 is 0. The van der Waals surface area contributed by atoms with Crippen LogP contribution >= 0.6 is 0 Å². The molecule has 0 aromatic heterocycles. The molecule has 0 atom stereocenters. The smallest absolute Gasteiger partial charge is 0.0143 e. The molecule has 1 heteroatoms. The molecule has 76 valence electrons. The zero-order valence-corrected chi connectivity index (χ0v) is 9.11. The minimum Gasteiger partial charge on any atom is -0.378 e. The average molecular weight is 189 g/mol. The fourth-order valence-electron chi connectivity index (χ4n) is 1.39. The Labute approximate surface area is 87.1 Å². The van der Waals surface area contributed by atoms with Crippen LogP contribution in [0.4, 0.5) is 0 Å². The van der Waals surface area contributed by atoms with Gasteiger partial charge in [0.15, 0.2) is 0 Å². The van der Waals surface area contributed by atoms with E-state index in [1.54, 1.807) is 0 Å². The van der Waals surface area contributed by atoms with Crippen molar-refractivity contribution in [3.8, 4) is 0 Å². The van der Waals surface area contributed by atoms with Gasteiger partial charge in [-0.25, -0.2) is 0 Å². The Balaban J connectivity index is 2.40. The van der Waals surface area contributed by atoms with Crippen molar-refractivity contribution < 1.29 is 0 Å². The van der Waals surface area contributed by atoms with Gasteiger partial charge in [0.1, 0.15) is 0 Å². The molecular formula is C13H19N. The van der Waals surface area contributed by atoms with Crippen LogP contribution in [0.5, 0.6) is 0 Å². The monoisotopic (exact) mass is 189 g/mol. The lowest BCUT2D eigenvalue weighted by Gasteiger charge is -2.14. The molecule has 0 saturated carbocycles. The molecule has 0 radical (unpaired) electrons. The number of nitrogens with zero attached hydrogens (tertiary/aromatic N) is 1. The molecular weight excluding hydrogens is 170 g/mol. The van der Waals surface area contributed by atoms with Gasteiger partial charge in [0.05, 0.1) is 0 Å². The Morgan fingerprint density at radius 2 is 1.71 bits per heavy atom. The summed E-state index contributed by atoms with van der Waals surface area (Å²) in [6.07, 6.45) is 5.44. The summed E-state index contributed by atoms with van der Waals surface area (Å²) < 4.78 is 0. The largest absolute Gasteiger partial charge is 0.378 e. The van der Waals surface area contributed by atoms with E-state index in [0.717, 1.165) is 19.5 Å². The van der Waals surface area contributed by atoms with Gasteiger partial charge in [0.2, 0.25) is 0 Å². The first kappa shape index (κ1) is 10.8. The predicted octanol–water partition coefficient (Wildman–Crippen LogP) is 3.08. The van der Waals surface area contributed by atoms with Gasteiger partial charge in [-0.05, 0) is 32.0 Å². The molecule has 1 nitrogen and oxygen atoms in total. The van der Waals surface area contributed by atoms with Gasteiger partial charge in [-0.1, -0.05) is 36.4 Å². The van der Waals surface area contributed by atoms with Gasteiger partial charge in [0, 0.05) is 13.1 Å². The highest BCUT2D eigenvalue weighted by Gasteiger charge is 1.89. The van der Waals surface area contributed by atoms with Crippen LogP contribution in [-0.2, 0) is 6.42 Å². The van der Waals surface area contributed by atoms with E-state index in [1.807, 2.05) is 0 Å². The zero-order valence-electron chi connectivity index (χ0n) is 9.11. The van der Waals surface area contributed by atoms with Crippen LogP contribution in [0.2, 0.25) is 0 Å². The number of rotatable bonds is 5. The van der Waals surface area contributed by atoms with E-state index in [2.05, 4.69) is 61.4 Å². The van der Waals surface area contributed by atoms with Crippen LogP contribution in [0, 0.1) is 0 Å². The van der Waals surface area contributed by atoms with Gasteiger partial charge < -0.3 is 4.90 Å². The third kappa shape index (κ3) is 3.65. The second kappa shape index (κ2) is 6.25. The summed E-state index contributed by atoms with van der Waals surface area (Å²) in [4.78, 5) is 2.29. The summed E-state index contributed by atoms with van der Waals surface area (Å²) in [5.41, 5.74) is 1.37. The Morgan fingerprint density at radius 3 is 2.29 bits per heavy atom. The Kier molecular flexibility index (Phi) is 4.84. The third-order valence-electron chi connectivity index (χ3n) is 2.32. The molecule has 0 amide bonds. The van der Waals surface area contributed by atoms with Gasteiger partial charge in [-0.2, -0.15) is 0 Å². The minimum atomic E-state index is 1.03. The number of allylic oxidation sites excluding steroid dienone is 1. The minimum absolute atomic E-state index is 1.03. The molecule has 0 N–H and O–H groups in total. The molecule has 0 aliphatic rings. The summed E-state index contributed by atoms with van der Waals surface area (Å²) in [6.45, 7) is 6.52. The number of hydrogen-bond donors (Lipinski definition) is 0. The topological polar surface area (TPSA) is 3.24 Å². The Bertz CT molecular complexity index is 260. The van der Waals surface area contributed by atoms with Crippen LogP contribution in [-0.4, -0.2) is 18.0 Å². The van der Waals surface area contributed by atoms with Crippen molar-refractivity contribution in [2.24, 2.45) is 0 Å². The molecule has 1 rings (SSSR count). The maximum Gasteiger partial charge on any atom is 0.0143 e. The van der Waals surface area contributed by atoms with Crippen LogP contribution in [0.15, 0.2) is 42.6 Å². The van der Waals surface area contributed by atoms with Gasteiger partial charge in [-0.15, -0.1) is 0 Å². The van der Waals surface area contributed by atoms with Crippen molar-refractivity contribution in [2.75, 3.05) is 13.1 Å². The average Bonchev–Trinajstić information content (AvgIpc) is 2.26. The second-order valence-corrected chi connectivity index (χ2v) is 3.30. The summed E-state index contributed by atoms with van der Waals surface area (Å²) in [5.74, 6) is 0. The van der Waals surface area contributed by atoms with Gasteiger partial charge >= 0.3 is 0 Å². The summed E-state index contributed by atoms with van der Waals surface area (Å²) in [7, 11) is 0. The van der Waals surface area contributed by atoms with Crippen molar-refractivity contribution in [3.05, 3.63) is 48.2 Å². The predicted molar refractivity (Wildman–Crippen MR) is 62.2 cm³/mol. The molecule has 14 heavy (non-hydrogen) atoms. The maximum absolute atomic E-state index is 2.29. The first-order valence-corrected chi connectivity index (χ1v) is 5.31. The lowest BCUT2D eigenvalue weighted by molar-refractivity contribution is 0.418. The molecule has 0 saturated heterocycles. The van der Waals surface area contributed by atoms with E-state index in [4.69, 9.17) is 0 Å². The molecule has 1 aromatic rings. The standard InChI is InChI=1S/C13H19N/c1-3-14(4-2)12-8-11-13-9-6-5-7-10-13/h5-10,12H,3-4,11H2,1-2H3. The van der Waals surface area contributed by atoms with Crippen molar-refractivity contribution in [1.82, 2.24) is 4.90 Å². The van der Waals surface area contributed by atoms with Crippen LogP contribution in [0.1, 0.15) is 19.4 Å². The lowest BCUT2D eigenvalue weighted by atomic mass is 10.1. The maximum atomic E-state index is 2.29. The van der Waals surface area contributed by atoms with Crippen molar-refractivity contribution in [3.63, 3.8) is 0 Å². The summed E-state index contributed by atoms with van der Waals surface area (Å²) in [6, 6.07) is 10.5. The van der Waals surface area contributed by atoms with E-state index < -0.39 is 0 Å². The van der Waals surface area contributed by atoms with Crippen molar-refractivity contribution in [1.29, 1.82) is 0 Å². The van der Waals surface area contributed by atoms with E-state index in [0.29, 0.717) is 0 Å². The quantitative estimate of drug-likeness (QED) is 0.688. The molecule has 0 unspecified atom stereocenters. The number of benzene rings is 1. The zero-order chi connectivity index (χ0) is 10.2. The number of hydrogen-bond acceptors (Lipinski definition) is 1. The highest BCUT2D eigenvalue weighted by atomic mass is 15.1. The fourth-order valence-corrected chi connectivity index (χ4v) is 1.39. The summed E-state index contributed by atoms with van der Waals surface area (Å²) in [5, 5.41) is 0. The molecule has 0 bridgehead atoms. The van der Waals surface area contributed by atoms with Gasteiger partial charge in [0.25, 0.3) is 0 Å². The van der Waals surface area contributed by atoms with E-state index in [1.165, 1.54) is 5.56 Å². The molecule has 0 heterocycles. The van der Waals surface area contributed by atoms with E-state index in [-0.39, 0.29) is 0 Å². The van der Waals surface area contributed by atoms with Crippen LogP contribution in [0.25, 0.3) is 0 Å². The molecule has 0 fully saturated rings. The van der Waals surface area contributed by atoms with Crippen LogP contribution < -0.4 is 0 Å². The van der Waals surface area contributed by atoms with Crippen molar-refractivity contribution in [2.45, 2.75) is 20.3 Å². The third-order valence-corrected chi connectivity index (χ3v) is 2.32. The second-order valence-electron chi connectivity index (χ2n) is 3.30. The highest BCUT2D eigenvalue weighted by Crippen LogP contribution is 2.00. The van der Waals surface area contributed by atoms with Crippen LogP contribution in [0.3, 0.4) is 0 Å². The molecule has 0 aliphatic carbocycles. The van der Waals surface area contributed by atoms with Crippen molar-refractivity contribution >= 4 is 0 Å². The van der Waals surface area contributed by atoms with E-state index >= 15 is 0 Å². The lowest BCUT2D eigenvalue weighted by Crippen LogP contribution is -2.15. The SMILES string of the molecule is CCN(C=CCc1ccccc1)CC. The Morgan fingerprint density at radius 1 is 1.07 bits per heavy atom. The Hall–Kier alpha value is -1.24. The van der Waals surface area contributed by atoms with Gasteiger partial charge in [-0.3, -0.25) is 0 Å². The molecule has 0 spiro atoms. The fraction of sp³-hybridized carbons (Fsp3) is 0.385. The van der Waals surface area contributed by atoms with E-state index in [9.17, 15) is 0 Å². The first-order chi connectivity index (χ1) is 6.86. The normalized spacial score (nSPS) is 10.7. The highest BCUT2D eigenvalue weighted by molar-refractivity contribution is 5.17. The molecule has 1 aromatic carbocycles. The first-order valence-electron chi connectivity index (χ1n) is 5.31.